The number of carboxylic acids is 1. The highest BCUT2D eigenvalue weighted by Crippen LogP contribution is 2.21. The lowest BCUT2D eigenvalue weighted by atomic mass is 10.2. The van der Waals surface area contributed by atoms with Gasteiger partial charge in [0.2, 0.25) is 5.91 Å². The molecule has 7 nitrogen and oxygen atoms in total. The van der Waals surface area contributed by atoms with Crippen molar-refractivity contribution >= 4 is 30.6 Å². The van der Waals surface area contributed by atoms with E-state index in [0.717, 1.165) is 0 Å². The number of carboxylic acid groups (broad SMARTS) is 1. The van der Waals surface area contributed by atoms with E-state index in [-0.39, 0.29) is 25.3 Å². The van der Waals surface area contributed by atoms with E-state index in [0.29, 0.717) is 5.75 Å². The number of nitrogens with zero attached hydrogens (tertiary/aromatic N) is 1. The van der Waals surface area contributed by atoms with Crippen LogP contribution < -0.4 is 5.32 Å². The summed E-state index contributed by atoms with van der Waals surface area (Å²) in [6.45, 7) is 0.108. The molecule has 1 fully saturated rings. The number of ether oxygens (including phenoxy) is 1. The molecule has 0 bridgehead atoms. The first-order valence-electron chi connectivity index (χ1n) is 5.51. The maximum absolute atomic E-state index is 11.7. The summed E-state index contributed by atoms with van der Waals surface area (Å²) in [4.78, 5) is 35.0. The van der Waals surface area contributed by atoms with Crippen LogP contribution in [0.5, 0.6) is 0 Å². The van der Waals surface area contributed by atoms with E-state index in [9.17, 15) is 14.4 Å². The molecular formula is C10H16N2O5S. The van der Waals surface area contributed by atoms with E-state index in [1.165, 1.54) is 11.9 Å². The van der Waals surface area contributed by atoms with Gasteiger partial charge in [-0.05, 0) is 5.75 Å². The molecule has 0 radical (unpaired) electrons. The number of hydrogen-bond acceptors (Lipinski definition) is 5. The van der Waals surface area contributed by atoms with Crippen molar-refractivity contribution in [1.29, 1.82) is 0 Å². The molecule has 0 aromatic carbocycles. The standard InChI is InChI=1S/C10H16N2O5S/c1-11-10(16)17-6-4-7(9(14)15)12(5-6)8(13)2-3-18/h6-7,18H,2-5H2,1H3,(H,11,16)(H,14,15)/t6?,7-/m0/s1. The maximum atomic E-state index is 11.7. The summed E-state index contributed by atoms with van der Waals surface area (Å²) in [5.74, 6) is -1.03. The van der Waals surface area contributed by atoms with E-state index in [4.69, 9.17) is 9.84 Å². The van der Waals surface area contributed by atoms with Crippen LogP contribution in [0.3, 0.4) is 0 Å². The number of rotatable bonds is 4. The lowest BCUT2D eigenvalue weighted by molar-refractivity contribution is -0.148. The molecule has 1 unspecified atom stereocenters. The largest absolute Gasteiger partial charge is 0.480 e. The maximum Gasteiger partial charge on any atom is 0.407 e. The molecule has 0 aromatic heterocycles. The van der Waals surface area contributed by atoms with Gasteiger partial charge in [0, 0.05) is 19.9 Å². The Morgan fingerprint density at radius 1 is 1.50 bits per heavy atom. The number of thiol groups is 1. The highest BCUT2D eigenvalue weighted by atomic mass is 32.1. The molecule has 1 heterocycles. The summed E-state index contributed by atoms with van der Waals surface area (Å²) >= 11 is 3.94. The zero-order valence-electron chi connectivity index (χ0n) is 9.96. The highest BCUT2D eigenvalue weighted by Gasteiger charge is 2.40. The van der Waals surface area contributed by atoms with Gasteiger partial charge < -0.3 is 20.1 Å². The first kappa shape index (κ1) is 14.6. The fourth-order valence-electron chi connectivity index (χ4n) is 1.84. The molecular weight excluding hydrogens is 260 g/mol. The van der Waals surface area contributed by atoms with Crippen LogP contribution >= 0.6 is 12.6 Å². The summed E-state index contributed by atoms with van der Waals surface area (Å²) in [5, 5.41) is 11.3. The third-order valence-corrected chi connectivity index (χ3v) is 2.90. The first-order valence-corrected chi connectivity index (χ1v) is 6.14. The lowest BCUT2D eigenvalue weighted by Crippen LogP contribution is -2.40. The molecule has 1 saturated heterocycles. The van der Waals surface area contributed by atoms with Gasteiger partial charge >= 0.3 is 12.1 Å². The fourth-order valence-corrected chi connectivity index (χ4v) is 2.03. The Hall–Kier alpha value is -1.44. The summed E-state index contributed by atoms with van der Waals surface area (Å²) in [7, 11) is 1.41. The van der Waals surface area contributed by atoms with E-state index in [1.807, 2.05) is 0 Å². The van der Waals surface area contributed by atoms with Crippen LogP contribution in [0.25, 0.3) is 0 Å². The Balaban J connectivity index is 2.68. The molecule has 2 N–H and O–H groups in total. The smallest absolute Gasteiger partial charge is 0.407 e. The van der Waals surface area contributed by atoms with Gasteiger partial charge in [-0.2, -0.15) is 12.6 Å². The topological polar surface area (TPSA) is 95.9 Å². The van der Waals surface area contributed by atoms with Gasteiger partial charge in [-0.1, -0.05) is 0 Å². The molecule has 0 aliphatic carbocycles. The number of aliphatic carboxylic acids is 1. The second kappa shape index (κ2) is 6.48. The van der Waals surface area contributed by atoms with Crippen molar-refractivity contribution in [2.45, 2.75) is 25.0 Å². The number of carbonyl (C=O) groups is 3. The number of nitrogens with one attached hydrogen (secondary N) is 1. The van der Waals surface area contributed by atoms with Crippen LogP contribution in [0.2, 0.25) is 0 Å². The van der Waals surface area contributed by atoms with Crippen molar-refractivity contribution in [3.05, 3.63) is 0 Å². The summed E-state index contributed by atoms with van der Waals surface area (Å²) < 4.78 is 4.97. The minimum atomic E-state index is -1.09. The predicted molar refractivity (Wildman–Crippen MR) is 65.6 cm³/mol. The normalized spacial score (nSPS) is 22.7. The van der Waals surface area contributed by atoms with Gasteiger partial charge in [-0.25, -0.2) is 9.59 Å². The quantitative estimate of drug-likeness (QED) is 0.614. The third-order valence-electron chi connectivity index (χ3n) is 2.67. The predicted octanol–water partition coefficient (Wildman–Crippen LogP) is -0.284. The summed E-state index contributed by atoms with van der Waals surface area (Å²) in [6, 6.07) is -0.938. The second-order valence-corrected chi connectivity index (χ2v) is 4.33. The van der Waals surface area contributed by atoms with Crippen LogP contribution in [0.15, 0.2) is 0 Å². The zero-order valence-corrected chi connectivity index (χ0v) is 10.9. The van der Waals surface area contributed by atoms with E-state index >= 15 is 0 Å². The lowest BCUT2D eigenvalue weighted by Gasteiger charge is -2.20. The molecule has 1 rings (SSSR count). The van der Waals surface area contributed by atoms with Gasteiger partial charge in [-0.15, -0.1) is 0 Å². The van der Waals surface area contributed by atoms with Crippen LogP contribution in [0.4, 0.5) is 4.79 Å². The summed E-state index contributed by atoms with van der Waals surface area (Å²) in [5.41, 5.74) is 0. The Labute approximate surface area is 110 Å². The fraction of sp³-hybridized carbons (Fsp3) is 0.700. The highest BCUT2D eigenvalue weighted by molar-refractivity contribution is 7.80. The number of amides is 2. The minimum absolute atomic E-state index is 0.108. The van der Waals surface area contributed by atoms with Gasteiger partial charge in [-0.3, -0.25) is 4.79 Å². The molecule has 2 atom stereocenters. The van der Waals surface area contributed by atoms with Crippen molar-refractivity contribution in [3.63, 3.8) is 0 Å². The number of carbonyl (C=O) groups excluding carboxylic acids is 2. The number of likely N-dealkylation sites (tertiary alicyclic amines) is 1. The van der Waals surface area contributed by atoms with Gasteiger partial charge in [0.1, 0.15) is 12.1 Å². The molecule has 8 heteroatoms. The van der Waals surface area contributed by atoms with Crippen molar-refractivity contribution in [2.75, 3.05) is 19.3 Å². The van der Waals surface area contributed by atoms with Crippen LogP contribution in [0.1, 0.15) is 12.8 Å². The van der Waals surface area contributed by atoms with Crippen LogP contribution in [-0.4, -0.2) is 59.5 Å². The average Bonchev–Trinajstić information content (AvgIpc) is 2.73. The summed E-state index contributed by atoms with van der Waals surface area (Å²) in [6.07, 6.45) is -0.941. The van der Waals surface area contributed by atoms with E-state index in [2.05, 4.69) is 17.9 Å². The Morgan fingerprint density at radius 3 is 2.67 bits per heavy atom. The molecule has 0 aromatic rings. The van der Waals surface area contributed by atoms with Crippen molar-refractivity contribution in [3.8, 4) is 0 Å². The molecule has 0 spiro atoms. The number of alkyl carbamates (subject to hydrolysis) is 1. The molecule has 1 aliphatic rings. The monoisotopic (exact) mass is 276 g/mol. The Bertz CT molecular complexity index is 349. The van der Waals surface area contributed by atoms with E-state index < -0.39 is 24.2 Å². The SMILES string of the molecule is CNC(=O)OC1C[C@@H](C(=O)O)N(C(=O)CCS)C1. The van der Waals surface area contributed by atoms with Crippen molar-refractivity contribution in [2.24, 2.45) is 0 Å². The molecule has 18 heavy (non-hydrogen) atoms. The van der Waals surface area contributed by atoms with Crippen LogP contribution in [0, 0.1) is 0 Å². The Kier molecular flexibility index (Phi) is 5.26. The second-order valence-electron chi connectivity index (χ2n) is 3.89. The van der Waals surface area contributed by atoms with Gasteiger partial charge in [0.25, 0.3) is 0 Å². The number of hydrogen-bond donors (Lipinski definition) is 3. The van der Waals surface area contributed by atoms with E-state index in [1.54, 1.807) is 0 Å². The van der Waals surface area contributed by atoms with Crippen molar-refractivity contribution in [1.82, 2.24) is 10.2 Å². The van der Waals surface area contributed by atoms with Gasteiger partial charge in [0.15, 0.2) is 0 Å². The minimum Gasteiger partial charge on any atom is -0.480 e. The molecule has 2 amide bonds. The van der Waals surface area contributed by atoms with Crippen molar-refractivity contribution < 1.29 is 24.2 Å². The first-order chi connectivity index (χ1) is 8.49. The Morgan fingerprint density at radius 2 is 2.17 bits per heavy atom. The molecule has 0 saturated carbocycles. The third kappa shape index (κ3) is 3.52. The molecule has 102 valence electrons. The zero-order chi connectivity index (χ0) is 13.7. The van der Waals surface area contributed by atoms with Gasteiger partial charge in [0.05, 0.1) is 6.54 Å². The van der Waals surface area contributed by atoms with Crippen LogP contribution in [-0.2, 0) is 14.3 Å². The molecule has 1 aliphatic heterocycles. The average molecular weight is 276 g/mol.